The average Bonchev–Trinajstić information content (AvgIpc) is 2.72. The molecule has 0 radical (unpaired) electrons. The van der Waals surface area contributed by atoms with E-state index in [0.717, 1.165) is 19.3 Å². The number of ketones is 1. The summed E-state index contributed by atoms with van der Waals surface area (Å²) in [6.45, 7) is 10.4. The van der Waals surface area contributed by atoms with Crippen LogP contribution >= 0.6 is 0 Å². The minimum atomic E-state index is -0.509. The largest absolute Gasteiger partial charge is 0.444 e. The molecule has 0 aliphatic carbocycles. The molecular formula is C15H27NO3. The van der Waals surface area contributed by atoms with Crippen LogP contribution in [0, 0.1) is 5.92 Å². The summed E-state index contributed by atoms with van der Waals surface area (Å²) < 4.78 is 5.36. The minimum Gasteiger partial charge on any atom is -0.444 e. The first-order chi connectivity index (χ1) is 8.70. The van der Waals surface area contributed by atoms with Crippen LogP contribution in [0.3, 0.4) is 0 Å². The number of ether oxygens (including phenoxy) is 1. The van der Waals surface area contributed by atoms with Gasteiger partial charge in [-0.05, 0) is 46.0 Å². The molecule has 1 saturated heterocycles. The number of rotatable bonds is 4. The number of carbonyl (C=O) groups is 2. The van der Waals surface area contributed by atoms with Crippen molar-refractivity contribution in [1.82, 2.24) is 4.90 Å². The standard InChI is InChI=1S/C15H27NO3/c1-11(2)8-9-13(17)12-7-6-10-16(12)14(18)19-15(3,4)5/h11-12H,6-10H2,1-5H3/t12-/m0/s1. The van der Waals surface area contributed by atoms with E-state index in [2.05, 4.69) is 13.8 Å². The van der Waals surface area contributed by atoms with E-state index in [9.17, 15) is 9.59 Å². The van der Waals surface area contributed by atoms with Crippen molar-refractivity contribution in [3.63, 3.8) is 0 Å². The Bertz CT molecular complexity index is 331. The molecule has 0 aromatic carbocycles. The summed E-state index contributed by atoms with van der Waals surface area (Å²) in [5.74, 6) is 0.692. The van der Waals surface area contributed by atoms with Crippen molar-refractivity contribution in [2.75, 3.05) is 6.54 Å². The molecule has 4 heteroatoms. The fraction of sp³-hybridized carbons (Fsp3) is 0.867. The predicted octanol–water partition coefficient (Wildman–Crippen LogP) is 3.39. The van der Waals surface area contributed by atoms with Gasteiger partial charge in [-0.1, -0.05) is 13.8 Å². The Balaban J connectivity index is 2.58. The minimum absolute atomic E-state index is 0.178. The Morgan fingerprint density at radius 1 is 1.32 bits per heavy atom. The van der Waals surface area contributed by atoms with Gasteiger partial charge in [0.15, 0.2) is 5.78 Å². The summed E-state index contributed by atoms with van der Waals surface area (Å²) in [5.41, 5.74) is -0.509. The maximum Gasteiger partial charge on any atom is 0.410 e. The molecule has 1 aliphatic heterocycles. The molecule has 1 fully saturated rings. The quantitative estimate of drug-likeness (QED) is 0.786. The summed E-state index contributed by atoms with van der Waals surface area (Å²) in [6.07, 6.45) is 2.75. The van der Waals surface area contributed by atoms with Crippen LogP contribution in [0.15, 0.2) is 0 Å². The van der Waals surface area contributed by atoms with E-state index in [0.29, 0.717) is 18.9 Å². The summed E-state index contributed by atoms with van der Waals surface area (Å²) in [5, 5.41) is 0. The average molecular weight is 269 g/mol. The third-order valence-corrected chi connectivity index (χ3v) is 3.22. The van der Waals surface area contributed by atoms with Crippen molar-refractivity contribution in [3.05, 3.63) is 0 Å². The lowest BCUT2D eigenvalue weighted by Gasteiger charge is -2.28. The van der Waals surface area contributed by atoms with E-state index in [1.54, 1.807) is 4.90 Å². The summed E-state index contributed by atoms with van der Waals surface area (Å²) in [4.78, 5) is 25.9. The lowest BCUT2D eigenvalue weighted by atomic mass is 10.0. The van der Waals surface area contributed by atoms with Gasteiger partial charge in [0.1, 0.15) is 5.60 Å². The molecule has 110 valence electrons. The zero-order valence-electron chi connectivity index (χ0n) is 12.9. The van der Waals surface area contributed by atoms with Gasteiger partial charge in [0, 0.05) is 13.0 Å². The summed E-state index contributed by atoms with van der Waals surface area (Å²) >= 11 is 0. The molecule has 1 atom stereocenters. The second kappa shape index (κ2) is 6.40. The van der Waals surface area contributed by atoms with Crippen LogP contribution < -0.4 is 0 Å². The number of hydrogen-bond donors (Lipinski definition) is 0. The molecule has 0 unspecified atom stereocenters. The fourth-order valence-electron chi connectivity index (χ4n) is 2.24. The Kier molecular flexibility index (Phi) is 5.39. The zero-order valence-corrected chi connectivity index (χ0v) is 12.9. The molecule has 1 heterocycles. The van der Waals surface area contributed by atoms with E-state index in [1.165, 1.54) is 0 Å². The van der Waals surface area contributed by atoms with Crippen molar-refractivity contribution in [2.24, 2.45) is 5.92 Å². The molecule has 0 aromatic heterocycles. The highest BCUT2D eigenvalue weighted by atomic mass is 16.6. The molecule has 19 heavy (non-hydrogen) atoms. The Hall–Kier alpha value is -1.06. The van der Waals surface area contributed by atoms with E-state index in [-0.39, 0.29) is 17.9 Å². The van der Waals surface area contributed by atoms with Crippen LogP contribution in [0.1, 0.15) is 60.3 Å². The number of nitrogens with zero attached hydrogens (tertiary/aromatic N) is 1. The van der Waals surface area contributed by atoms with E-state index < -0.39 is 5.60 Å². The fourth-order valence-corrected chi connectivity index (χ4v) is 2.24. The smallest absolute Gasteiger partial charge is 0.410 e. The van der Waals surface area contributed by atoms with Crippen LogP contribution in [-0.4, -0.2) is 35.0 Å². The number of carbonyl (C=O) groups excluding carboxylic acids is 2. The zero-order chi connectivity index (χ0) is 14.6. The van der Waals surface area contributed by atoms with E-state index in [4.69, 9.17) is 4.74 Å². The van der Waals surface area contributed by atoms with Gasteiger partial charge >= 0.3 is 6.09 Å². The monoisotopic (exact) mass is 269 g/mol. The predicted molar refractivity (Wildman–Crippen MR) is 75.0 cm³/mol. The lowest BCUT2D eigenvalue weighted by molar-refractivity contribution is -0.123. The topological polar surface area (TPSA) is 46.6 Å². The van der Waals surface area contributed by atoms with Gasteiger partial charge in [0.2, 0.25) is 0 Å². The van der Waals surface area contributed by atoms with Gasteiger partial charge < -0.3 is 4.74 Å². The Morgan fingerprint density at radius 3 is 2.47 bits per heavy atom. The maximum atomic E-state index is 12.2. The first-order valence-corrected chi connectivity index (χ1v) is 7.23. The number of likely N-dealkylation sites (tertiary alicyclic amines) is 1. The summed E-state index contributed by atoms with van der Waals surface area (Å²) in [6, 6.07) is -0.270. The molecule has 1 aliphatic rings. The van der Waals surface area contributed by atoms with Gasteiger partial charge in [0.05, 0.1) is 6.04 Å². The number of Topliss-reactive ketones (excluding diaryl/α,β-unsaturated/α-hetero) is 1. The van der Waals surface area contributed by atoms with Gasteiger partial charge in [-0.2, -0.15) is 0 Å². The normalized spacial score (nSPS) is 19.9. The first kappa shape index (κ1) is 16.0. The molecule has 0 N–H and O–H groups in total. The first-order valence-electron chi connectivity index (χ1n) is 7.23. The van der Waals surface area contributed by atoms with Crippen LogP contribution in [-0.2, 0) is 9.53 Å². The van der Waals surface area contributed by atoms with Gasteiger partial charge in [0.25, 0.3) is 0 Å². The number of hydrogen-bond acceptors (Lipinski definition) is 3. The van der Waals surface area contributed by atoms with E-state index in [1.807, 2.05) is 20.8 Å². The van der Waals surface area contributed by atoms with Crippen molar-refractivity contribution >= 4 is 11.9 Å². The highest BCUT2D eigenvalue weighted by Crippen LogP contribution is 2.23. The molecular weight excluding hydrogens is 242 g/mol. The molecule has 0 saturated carbocycles. The van der Waals surface area contributed by atoms with E-state index >= 15 is 0 Å². The van der Waals surface area contributed by atoms with Crippen molar-refractivity contribution in [1.29, 1.82) is 0 Å². The lowest BCUT2D eigenvalue weighted by Crippen LogP contribution is -2.43. The van der Waals surface area contributed by atoms with Gasteiger partial charge in [-0.15, -0.1) is 0 Å². The van der Waals surface area contributed by atoms with Gasteiger partial charge in [-0.3, -0.25) is 9.69 Å². The summed E-state index contributed by atoms with van der Waals surface area (Å²) in [7, 11) is 0. The molecule has 0 aromatic rings. The molecule has 0 bridgehead atoms. The van der Waals surface area contributed by atoms with Crippen LogP contribution in [0.25, 0.3) is 0 Å². The second-order valence-corrected chi connectivity index (χ2v) is 6.73. The molecule has 1 rings (SSSR count). The molecule has 4 nitrogen and oxygen atoms in total. The SMILES string of the molecule is CC(C)CCC(=O)[C@@H]1CCCN1C(=O)OC(C)(C)C. The Labute approximate surface area is 116 Å². The van der Waals surface area contributed by atoms with Crippen LogP contribution in [0.4, 0.5) is 4.79 Å². The van der Waals surface area contributed by atoms with Crippen LogP contribution in [0.5, 0.6) is 0 Å². The van der Waals surface area contributed by atoms with Crippen LogP contribution in [0.2, 0.25) is 0 Å². The highest BCUT2D eigenvalue weighted by Gasteiger charge is 2.35. The van der Waals surface area contributed by atoms with Crippen molar-refractivity contribution in [3.8, 4) is 0 Å². The van der Waals surface area contributed by atoms with Crippen molar-refractivity contribution < 1.29 is 14.3 Å². The maximum absolute atomic E-state index is 12.2. The molecule has 1 amide bonds. The third-order valence-electron chi connectivity index (χ3n) is 3.22. The van der Waals surface area contributed by atoms with Gasteiger partial charge in [-0.25, -0.2) is 4.79 Å². The Morgan fingerprint density at radius 2 is 1.95 bits per heavy atom. The molecule has 0 spiro atoms. The highest BCUT2D eigenvalue weighted by molar-refractivity contribution is 5.88. The second-order valence-electron chi connectivity index (χ2n) is 6.73. The third kappa shape index (κ3) is 5.21. The number of amides is 1. The van der Waals surface area contributed by atoms with Crippen molar-refractivity contribution in [2.45, 2.75) is 71.9 Å².